The first-order valence-corrected chi connectivity index (χ1v) is 11.9. The third kappa shape index (κ3) is 10.3. The Morgan fingerprint density at radius 3 is 2.22 bits per heavy atom. The molecule has 1 unspecified atom stereocenters. The summed E-state index contributed by atoms with van der Waals surface area (Å²) in [5, 5.41) is 6.28. The van der Waals surface area contributed by atoms with E-state index >= 15 is 0 Å². The van der Waals surface area contributed by atoms with Gasteiger partial charge in [-0.2, -0.15) is 0 Å². The highest BCUT2D eigenvalue weighted by Crippen LogP contribution is 2.10. The third-order valence-electron chi connectivity index (χ3n) is 3.57. The molecule has 0 fully saturated rings. The van der Waals surface area contributed by atoms with Gasteiger partial charge in [0.15, 0.2) is 5.96 Å². The Morgan fingerprint density at radius 2 is 1.74 bits per heavy atom. The maximum absolute atomic E-state index is 11.7. The first kappa shape index (κ1) is 26.1. The Labute approximate surface area is 179 Å². The lowest BCUT2D eigenvalue weighted by Gasteiger charge is -2.17. The maximum Gasteiger partial charge on any atom is 0.240 e. The Morgan fingerprint density at radius 1 is 1.15 bits per heavy atom. The minimum absolute atomic E-state index is 0. The zero-order valence-electron chi connectivity index (χ0n) is 16.0. The third-order valence-corrected chi connectivity index (χ3v) is 5.98. The van der Waals surface area contributed by atoms with Gasteiger partial charge in [-0.1, -0.05) is 12.1 Å². The molecule has 0 bridgehead atoms. The molecular formula is C16H29IN4O4S2. The monoisotopic (exact) mass is 532 g/mol. The molecule has 8 nitrogen and oxygen atoms in total. The molecule has 156 valence electrons. The highest BCUT2D eigenvalue weighted by Gasteiger charge is 2.11. The second kappa shape index (κ2) is 11.8. The van der Waals surface area contributed by atoms with Gasteiger partial charge in [0.1, 0.15) is 9.84 Å². The summed E-state index contributed by atoms with van der Waals surface area (Å²) in [5.41, 5.74) is 0.862. The largest absolute Gasteiger partial charge is 0.357 e. The van der Waals surface area contributed by atoms with Gasteiger partial charge in [0.2, 0.25) is 10.0 Å². The van der Waals surface area contributed by atoms with Crippen molar-refractivity contribution >= 4 is 49.8 Å². The number of benzene rings is 1. The highest BCUT2D eigenvalue weighted by molar-refractivity contribution is 14.0. The number of sulfonamides is 1. The van der Waals surface area contributed by atoms with Crippen molar-refractivity contribution in [2.24, 2.45) is 4.99 Å². The van der Waals surface area contributed by atoms with E-state index in [4.69, 9.17) is 0 Å². The topological polar surface area (TPSA) is 117 Å². The molecule has 1 aromatic carbocycles. The van der Waals surface area contributed by atoms with E-state index in [0.29, 0.717) is 25.5 Å². The van der Waals surface area contributed by atoms with Crippen molar-refractivity contribution in [1.29, 1.82) is 0 Å². The summed E-state index contributed by atoms with van der Waals surface area (Å²) in [6, 6.07) is 6.44. The minimum atomic E-state index is -3.45. The van der Waals surface area contributed by atoms with Crippen LogP contribution in [0.2, 0.25) is 0 Å². The fourth-order valence-electron chi connectivity index (χ4n) is 2.08. The molecule has 0 aromatic heterocycles. The fourth-order valence-corrected chi connectivity index (χ4v) is 3.59. The van der Waals surface area contributed by atoms with Crippen molar-refractivity contribution in [1.82, 2.24) is 15.4 Å². The van der Waals surface area contributed by atoms with Crippen molar-refractivity contribution in [3.63, 3.8) is 0 Å². The van der Waals surface area contributed by atoms with E-state index in [0.717, 1.165) is 5.56 Å². The van der Waals surface area contributed by atoms with Crippen LogP contribution in [0.5, 0.6) is 0 Å². The number of nitrogens with one attached hydrogen (secondary N) is 3. The smallest absolute Gasteiger partial charge is 0.240 e. The van der Waals surface area contributed by atoms with Crippen molar-refractivity contribution < 1.29 is 16.8 Å². The molecule has 1 rings (SSSR count). The van der Waals surface area contributed by atoms with E-state index in [2.05, 4.69) is 20.3 Å². The van der Waals surface area contributed by atoms with Crippen LogP contribution >= 0.6 is 24.0 Å². The Balaban J connectivity index is 0.00000676. The Bertz CT molecular complexity index is 809. The van der Waals surface area contributed by atoms with Crippen LogP contribution in [0.15, 0.2) is 34.2 Å². The zero-order valence-corrected chi connectivity index (χ0v) is 20.0. The number of guanidine groups is 1. The first-order valence-electron chi connectivity index (χ1n) is 8.32. The predicted molar refractivity (Wildman–Crippen MR) is 120 cm³/mol. The number of hydrogen-bond donors (Lipinski definition) is 3. The van der Waals surface area contributed by atoms with Crippen LogP contribution in [0.3, 0.4) is 0 Å². The van der Waals surface area contributed by atoms with Crippen molar-refractivity contribution in [2.45, 2.75) is 37.8 Å². The van der Waals surface area contributed by atoms with Gasteiger partial charge >= 0.3 is 0 Å². The van der Waals surface area contributed by atoms with Crippen molar-refractivity contribution in [3.8, 4) is 0 Å². The van der Waals surface area contributed by atoms with E-state index < -0.39 is 19.9 Å². The molecular weight excluding hydrogens is 503 g/mol. The Hall–Kier alpha value is -0.920. The molecule has 0 aliphatic heterocycles. The van der Waals surface area contributed by atoms with Gasteiger partial charge in [-0.05, 0) is 45.0 Å². The second-order valence-electron chi connectivity index (χ2n) is 6.01. The molecule has 1 atom stereocenters. The summed E-state index contributed by atoms with van der Waals surface area (Å²) < 4.78 is 48.2. The summed E-state index contributed by atoms with van der Waals surface area (Å²) in [6.45, 7) is 4.88. The highest BCUT2D eigenvalue weighted by atomic mass is 127. The number of hydrogen-bond acceptors (Lipinski definition) is 5. The summed E-state index contributed by atoms with van der Waals surface area (Å²) in [5.74, 6) is 0.697. The molecule has 0 spiro atoms. The lowest BCUT2D eigenvalue weighted by Crippen LogP contribution is -2.42. The van der Waals surface area contributed by atoms with E-state index in [1.54, 1.807) is 12.1 Å². The van der Waals surface area contributed by atoms with Crippen LogP contribution in [-0.4, -0.2) is 54.4 Å². The number of nitrogens with zero attached hydrogens (tertiary/aromatic N) is 1. The quantitative estimate of drug-likeness (QED) is 0.249. The lowest BCUT2D eigenvalue weighted by atomic mass is 10.2. The summed E-state index contributed by atoms with van der Waals surface area (Å²) in [4.78, 5) is 4.66. The maximum atomic E-state index is 11.7. The van der Waals surface area contributed by atoms with Gasteiger partial charge in [-0.15, -0.1) is 24.0 Å². The van der Waals surface area contributed by atoms with Gasteiger partial charge in [-0.3, -0.25) is 0 Å². The van der Waals surface area contributed by atoms with Crippen LogP contribution < -0.4 is 15.4 Å². The first-order chi connectivity index (χ1) is 12.1. The van der Waals surface area contributed by atoms with Crippen LogP contribution in [0.1, 0.15) is 25.8 Å². The van der Waals surface area contributed by atoms with E-state index in [1.165, 1.54) is 25.4 Å². The molecule has 0 radical (unpaired) electrons. The summed E-state index contributed by atoms with van der Waals surface area (Å²) in [7, 11) is -5.08. The average Bonchev–Trinajstić information content (AvgIpc) is 2.58. The Kier molecular flexibility index (Phi) is 11.4. The van der Waals surface area contributed by atoms with Gasteiger partial charge < -0.3 is 10.6 Å². The number of rotatable bonds is 9. The van der Waals surface area contributed by atoms with E-state index in [-0.39, 0.29) is 40.7 Å². The molecule has 0 saturated heterocycles. The standard InChI is InChI=1S/C16H28N4O4S2.HI/c1-5-18-16(20-13(2)10-11-25(4,21)22)19-12-14-6-8-15(9-7-14)26(23,24)17-3;/h6-9,13,17H,5,10-12H2,1-4H3,(H2,18,19,20);1H. The minimum Gasteiger partial charge on any atom is -0.357 e. The van der Waals surface area contributed by atoms with Crippen LogP contribution in [-0.2, 0) is 26.4 Å². The van der Waals surface area contributed by atoms with Gasteiger partial charge in [0, 0.05) is 18.8 Å². The van der Waals surface area contributed by atoms with Gasteiger partial charge in [0.25, 0.3) is 0 Å². The van der Waals surface area contributed by atoms with Crippen molar-refractivity contribution in [2.75, 3.05) is 25.6 Å². The molecule has 0 amide bonds. The van der Waals surface area contributed by atoms with Crippen LogP contribution in [0.25, 0.3) is 0 Å². The number of aliphatic imine (C=N–C) groups is 1. The van der Waals surface area contributed by atoms with E-state index in [9.17, 15) is 16.8 Å². The molecule has 0 aliphatic rings. The summed E-state index contributed by atoms with van der Waals surface area (Å²) in [6.07, 6.45) is 1.71. The van der Waals surface area contributed by atoms with Crippen LogP contribution in [0, 0.1) is 0 Å². The molecule has 11 heteroatoms. The molecule has 1 aromatic rings. The average molecular weight is 532 g/mol. The fraction of sp³-hybridized carbons (Fsp3) is 0.562. The zero-order chi connectivity index (χ0) is 19.8. The summed E-state index contributed by atoms with van der Waals surface area (Å²) >= 11 is 0. The van der Waals surface area contributed by atoms with E-state index in [1.807, 2.05) is 13.8 Å². The number of sulfone groups is 1. The number of halogens is 1. The second-order valence-corrected chi connectivity index (χ2v) is 10.2. The molecule has 3 N–H and O–H groups in total. The molecule has 0 aliphatic carbocycles. The predicted octanol–water partition coefficient (Wildman–Crippen LogP) is 1.09. The van der Waals surface area contributed by atoms with Gasteiger partial charge in [-0.25, -0.2) is 26.6 Å². The molecule has 0 heterocycles. The van der Waals surface area contributed by atoms with Crippen molar-refractivity contribution in [3.05, 3.63) is 29.8 Å². The lowest BCUT2D eigenvalue weighted by molar-refractivity contribution is 0.581. The SMILES string of the molecule is CCNC(=NCc1ccc(S(=O)(=O)NC)cc1)NC(C)CCS(C)(=O)=O.I. The normalized spacial score (nSPS) is 13.6. The van der Waals surface area contributed by atoms with Crippen LogP contribution in [0.4, 0.5) is 0 Å². The molecule has 0 saturated carbocycles. The molecule has 27 heavy (non-hydrogen) atoms. The van der Waals surface area contributed by atoms with Gasteiger partial charge in [0.05, 0.1) is 17.2 Å².